The number of hydrogen-bond donors (Lipinski definition) is 0. The molecular formula is C11H8FNOS. The van der Waals surface area contributed by atoms with Gasteiger partial charge in [-0.15, -0.1) is 11.3 Å². The Kier molecular flexibility index (Phi) is 2.60. The Labute approximate surface area is 90.4 Å². The van der Waals surface area contributed by atoms with Gasteiger partial charge in [0.2, 0.25) is 5.78 Å². The SMILES string of the molecule is Cc1cc(F)ccc1C(=O)c1cscn1. The molecule has 0 N–H and O–H groups in total. The Hall–Kier alpha value is -1.55. The molecule has 1 heterocycles. The van der Waals surface area contributed by atoms with Crippen molar-refractivity contribution in [2.45, 2.75) is 6.92 Å². The van der Waals surface area contributed by atoms with Crippen molar-refractivity contribution in [3.8, 4) is 0 Å². The van der Waals surface area contributed by atoms with E-state index in [0.717, 1.165) is 0 Å². The fraction of sp³-hybridized carbons (Fsp3) is 0.0909. The summed E-state index contributed by atoms with van der Waals surface area (Å²) in [7, 11) is 0. The maximum atomic E-state index is 12.8. The van der Waals surface area contributed by atoms with E-state index in [4.69, 9.17) is 0 Å². The third-order valence-corrected chi connectivity index (χ3v) is 2.68. The fourth-order valence-corrected chi connectivity index (χ4v) is 1.88. The highest BCUT2D eigenvalue weighted by Crippen LogP contribution is 2.15. The van der Waals surface area contributed by atoms with E-state index in [0.29, 0.717) is 16.8 Å². The van der Waals surface area contributed by atoms with Crippen LogP contribution in [0.2, 0.25) is 0 Å². The summed E-state index contributed by atoms with van der Waals surface area (Å²) in [4.78, 5) is 15.8. The summed E-state index contributed by atoms with van der Waals surface area (Å²) in [5.74, 6) is -0.490. The van der Waals surface area contributed by atoms with Crippen LogP contribution in [0.1, 0.15) is 21.6 Å². The van der Waals surface area contributed by atoms with Gasteiger partial charge in [-0.05, 0) is 30.7 Å². The molecule has 0 spiro atoms. The lowest BCUT2D eigenvalue weighted by molar-refractivity contribution is 0.103. The minimum absolute atomic E-state index is 0.159. The average molecular weight is 221 g/mol. The van der Waals surface area contributed by atoms with E-state index in [9.17, 15) is 9.18 Å². The van der Waals surface area contributed by atoms with Crippen molar-refractivity contribution in [1.29, 1.82) is 0 Å². The number of carbonyl (C=O) groups excluding carboxylic acids is 1. The number of aryl methyl sites for hydroxylation is 1. The number of hydrogen-bond acceptors (Lipinski definition) is 3. The van der Waals surface area contributed by atoms with Crippen molar-refractivity contribution in [1.82, 2.24) is 4.98 Å². The van der Waals surface area contributed by atoms with Gasteiger partial charge in [0, 0.05) is 10.9 Å². The molecule has 15 heavy (non-hydrogen) atoms. The van der Waals surface area contributed by atoms with Crippen molar-refractivity contribution >= 4 is 17.1 Å². The van der Waals surface area contributed by atoms with Crippen LogP contribution in [0.15, 0.2) is 29.1 Å². The Morgan fingerprint density at radius 2 is 2.27 bits per heavy atom. The first-order valence-electron chi connectivity index (χ1n) is 4.37. The maximum Gasteiger partial charge on any atom is 0.212 e. The first kappa shape index (κ1) is 9.98. The number of nitrogens with zero attached hydrogens (tertiary/aromatic N) is 1. The molecule has 2 nitrogen and oxygen atoms in total. The van der Waals surface area contributed by atoms with Crippen molar-refractivity contribution < 1.29 is 9.18 Å². The molecule has 2 rings (SSSR count). The lowest BCUT2D eigenvalue weighted by atomic mass is 10.0. The fourth-order valence-electron chi connectivity index (χ4n) is 1.34. The normalized spacial score (nSPS) is 10.3. The van der Waals surface area contributed by atoms with Crippen LogP contribution in [0.25, 0.3) is 0 Å². The number of rotatable bonds is 2. The van der Waals surface area contributed by atoms with Crippen LogP contribution in [-0.4, -0.2) is 10.8 Å². The molecule has 1 aromatic carbocycles. The Balaban J connectivity index is 2.42. The van der Waals surface area contributed by atoms with Crippen molar-refractivity contribution in [3.63, 3.8) is 0 Å². The summed E-state index contributed by atoms with van der Waals surface area (Å²) in [5.41, 5.74) is 3.15. The monoisotopic (exact) mass is 221 g/mol. The number of ketones is 1. The lowest BCUT2D eigenvalue weighted by Crippen LogP contribution is -2.04. The predicted octanol–water partition coefficient (Wildman–Crippen LogP) is 2.82. The summed E-state index contributed by atoms with van der Waals surface area (Å²) in [6.45, 7) is 1.71. The van der Waals surface area contributed by atoms with Crippen LogP contribution in [-0.2, 0) is 0 Å². The molecule has 0 amide bonds. The van der Waals surface area contributed by atoms with Crippen molar-refractivity contribution in [2.75, 3.05) is 0 Å². The van der Waals surface area contributed by atoms with Gasteiger partial charge in [0.1, 0.15) is 11.5 Å². The minimum Gasteiger partial charge on any atom is -0.287 e. The van der Waals surface area contributed by atoms with Gasteiger partial charge in [-0.1, -0.05) is 0 Å². The molecule has 2 aromatic rings. The minimum atomic E-state index is -0.331. The zero-order valence-electron chi connectivity index (χ0n) is 8.03. The summed E-state index contributed by atoms with van der Waals surface area (Å²) in [5, 5.41) is 1.69. The Morgan fingerprint density at radius 3 is 2.87 bits per heavy atom. The van der Waals surface area contributed by atoms with Crippen LogP contribution in [0.3, 0.4) is 0 Å². The number of carbonyl (C=O) groups is 1. The predicted molar refractivity (Wildman–Crippen MR) is 56.7 cm³/mol. The van der Waals surface area contributed by atoms with Gasteiger partial charge in [0.25, 0.3) is 0 Å². The largest absolute Gasteiger partial charge is 0.287 e. The second kappa shape index (κ2) is 3.90. The molecular weight excluding hydrogens is 213 g/mol. The van der Waals surface area contributed by atoms with Crippen LogP contribution in [0.5, 0.6) is 0 Å². The van der Waals surface area contributed by atoms with Gasteiger partial charge in [-0.3, -0.25) is 4.79 Å². The summed E-state index contributed by atoms with van der Waals surface area (Å²) < 4.78 is 12.8. The summed E-state index contributed by atoms with van der Waals surface area (Å²) in [6, 6.07) is 4.12. The molecule has 0 unspecified atom stereocenters. The Morgan fingerprint density at radius 1 is 1.47 bits per heavy atom. The molecule has 0 radical (unpaired) electrons. The van der Waals surface area contributed by atoms with E-state index in [-0.39, 0.29) is 11.6 Å². The summed E-state index contributed by atoms with van der Waals surface area (Å²) >= 11 is 1.37. The lowest BCUT2D eigenvalue weighted by Gasteiger charge is -2.02. The molecule has 0 saturated carbocycles. The smallest absolute Gasteiger partial charge is 0.212 e. The van der Waals surface area contributed by atoms with Gasteiger partial charge in [-0.25, -0.2) is 9.37 Å². The molecule has 0 aliphatic heterocycles. The molecule has 0 fully saturated rings. The first-order chi connectivity index (χ1) is 7.18. The first-order valence-corrected chi connectivity index (χ1v) is 5.32. The van der Waals surface area contributed by atoms with Gasteiger partial charge >= 0.3 is 0 Å². The van der Waals surface area contributed by atoms with E-state index in [1.807, 2.05) is 0 Å². The van der Waals surface area contributed by atoms with Gasteiger partial charge < -0.3 is 0 Å². The van der Waals surface area contributed by atoms with Gasteiger partial charge in [0.15, 0.2) is 0 Å². The van der Waals surface area contributed by atoms with Gasteiger partial charge in [-0.2, -0.15) is 0 Å². The Bertz CT molecular complexity index is 493. The molecule has 0 aliphatic carbocycles. The molecule has 0 aliphatic rings. The second-order valence-corrected chi connectivity index (χ2v) is 3.88. The maximum absolute atomic E-state index is 12.8. The highest BCUT2D eigenvalue weighted by Gasteiger charge is 2.13. The average Bonchev–Trinajstić information content (AvgIpc) is 2.69. The van der Waals surface area contributed by atoms with Crippen LogP contribution in [0, 0.1) is 12.7 Å². The number of aromatic nitrogens is 1. The van der Waals surface area contributed by atoms with Crippen molar-refractivity contribution in [3.05, 3.63) is 51.7 Å². The molecule has 0 saturated heterocycles. The van der Waals surface area contributed by atoms with E-state index in [1.165, 1.54) is 29.5 Å². The molecule has 4 heteroatoms. The molecule has 0 atom stereocenters. The van der Waals surface area contributed by atoms with E-state index in [2.05, 4.69) is 4.98 Å². The van der Waals surface area contributed by atoms with E-state index >= 15 is 0 Å². The standard InChI is InChI=1S/C11H8FNOS/c1-7-4-8(12)2-3-9(7)11(14)10-5-15-6-13-10/h2-6H,1H3. The second-order valence-electron chi connectivity index (χ2n) is 3.16. The zero-order chi connectivity index (χ0) is 10.8. The van der Waals surface area contributed by atoms with E-state index < -0.39 is 0 Å². The third kappa shape index (κ3) is 1.94. The topological polar surface area (TPSA) is 30.0 Å². The highest BCUT2D eigenvalue weighted by atomic mass is 32.1. The molecule has 1 aromatic heterocycles. The highest BCUT2D eigenvalue weighted by molar-refractivity contribution is 7.07. The zero-order valence-corrected chi connectivity index (χ0v) is 8.84. The summed E-state index contributed by atoms with van der Waals surface area (Å²) in [6.07, 6.45) is 0. The van der Waals surface area contributed by atoms with Crippen molar-refractivity contribution in [2.24, 2.45) is 0 Å². The number of halogens is 1. The van der Waals surface area contributed by atoms with E-state index in [1.54, 1.807) is 17.8 Å². The number of thiazole rings is 1. The number of benzene rings is 1. The van der Waals surface area contributed by atoms with Gasteiger partial charge in [0.05, 0.1) is 5.51 Å². The molecule has 0 bridgehead atoms. The van der Waals surface area contributed by atoms with Crippen LogP contribution >= 0.6 is 11.3 Å². The van der Waals surface area contributed by atoms with Crippen LogP contribution < -0.4 is 0 Å². The quantitative estimate of drug-likeness (QED) is 0.730. The van der Waals surface area contributed by atoms with Crippen LogP contribution in [0.4, 0.5) is 4.39 Å². The third-order valence-electron chi connectivity index (χ3n) is 2.10. The molecule has 76 valence electrons.